The average molecular weight is 343 g/mol. The Morgan fingerprint density at radius 3 is 2.64 bits per heavy atom. The second-order valence-corrected chi connectivity index (χ2v) is 8.33. The van der Waals surface area contributed by atoms with Gasteiger partial charge in [-0.3, -0.25) is 4.79 Å². The summed E-state index contributed by atoms with van der Waals surface area (Å²) in [4.78, 5) is 13.0. The number of hydrogen-bond donors (Lipinski definition) is 2. The molecule has 1 aromatic carbocycles. The molecule has 1 spiro atoms. The number of nitrogens with two attached hydrogens (primary N) is 1. The van der Waals surface area contributed by atoms with Crippen LogP contribution in [-0.4, -0.2) is 23.7 Å². The minimum atomic E-state index is -0.599. The molecule has 3 nitrogen and oxygen atoms in total. The molecule has 3 rings (SSSR count). The minimum Gasteiger partial charge on any atom is -0.368 e. The van der Waals surface area contributed by atoms with Crippen molar-refractivity contribution in [1.29, 1.82) is 0 Å². The highest BCUT2D eigenvalue weighted by molar-refractivity contribution is 8.01. The van der Waals surface area contributed by atoms with Crippen molar-refractivity contribution in [1.82, 2.24) is 5.32 Å². The van der Waals surface area contributed by atoms with Crippen molar-refractivity contribution in [3.63, 3.8) is 0 Å². The maximum absolute atomic E-state index is 13.3. The van der Waals surface area contributed by atoms with Gasteiger partial charge in [-0.25, -0.2) is 4.39 Å². The summed E-state index contributed by atoms with van der Waals surface area (Å²) >= 11 is 7.30. The molecule has 1 atom stereocenters. The molecule has 2 aliphatic rings. The first-order valence-corrected chi connectivity index (χ1v) is 8.79. The first kappa shape index (κ1) is 16.1. The molecule has 1 aliphatic heterocycles. The van der Waals surface area contributed by atoms with E-state index < -0.39 is 10.6 Å². The number of piperidine rings is 1. The minimum absolute atomic E-state index is 0.0826. The van der Waals surface area contributed by atoms with Gasteiger partial charge >= 0.3 is 0 Å². The van der Waals surface area contributed by atoms with Gasteiger partial charge in [-0.15, -0.1) is 11.8 Å². The van der Waals surface area contributed by atoms with E-state index in [1.54, 1.807) is 12.1 Å². The molecule has 120 valence electrons. The lowest BCUT2D eigenvalue weighted by Crippen LogP contribution is -2.42. The fourth-order valence-corrected chi connectivity index (χ4v) is 5.44. The van der Waals surface area contributed by atoms with Crippen LogP contribution in [0.25, 0.3) is 0 Å². The summed E-state index contributed by atoms with van der Waals surface area (Å²) < 4.78 is 12.7. The second-order valence-electron chi connectivity index (χ2n) is 6.46. The van der Waals surface area contributed by atoms with Crippen LogP contribution in [0.2, 0.25) is 5.02 Å². The highest BCUT2D eigenvalue weighted by atomic mass is 35.5. The van der Waals surface area contributed by atoms with Crippen molar-refractivity contribution in [2.45, 2.75) is 41.7 Å². The number of halogens is 2. The van der Waals surface area contributed by atoms with Crippen molar-refractivity contribution in [2.75, 3.05) is 13.1 Å². The first-order chi connectivity index (χ1) is 10.4. The van der Waals surface area contributed by atoms with E-state index in [1.165, 1.54) is 17.8 Å². The highest BCUT2D eigenvalue weighted by Gasteiger charge is 2.52. The normalized spacial score (nSPS) is 27.2. The van der Waals surface area contributed by atoms with E-state index in [2.05, 4.69) is 5.32 Å². The number of hydrogen-bond acceptors (Lipinski definition) is 3. The summed E-state index contributed by atoms with van der Waals surface area (Å²) in [5.74, 6) is -0.714. The zero-order valence-electron chi connectivity index (χ0n) is 12.3. The molecule has 1 heterocycles. The molecule has 1 saturated heterocycles. The summed E-state index contributed by atoms with van der Waals surface area (Å²) in [6, 6.07) is 4.60. The molecule has 6 heteroatoms. The van der Waals surface area contributed by atoms with Gasteiger partial charge in [0.25, 0.3) is 0 Å². The largest absolute Gasteiger partial charge is 0.368 e. The lowest BCUT2D eigenvalue weighted by Gasteiger charge is -2.35. The van der Waals surface area contributed by atoms with E-state index in [0.717, 1.165) is 50.1 Å². The number of amides is 1. The molecule has 1 saturated carbocycles. The molecule has 0 aromatic heterocycles. The van der Waals surface area contributed by atoms with E-state index in [0.29, 0.717) is 0 Å². The lowest BCUT2D eigenvalue weighted by atomic mass is 9.77. The summed E-state index contributed by atoms with van der Waals surface area (Å²) in [6.45, 7) is 2.00. The Morgan fingerprint density at radius 2 is 2.00 bits per heavy atom. The summed E-state index contributed by atoms with van der Waals surface area (Å²) in [7, 11) is 0. The zero-order valence-corrected chi connectivity index (χ0v) is 13.9. The Hall–Kier alpha value is -0.780. The number of rotatable bonds is 3. The van der Waals surface area contributed by atoms with Crippen LogP contribution in [0.1, 0.15) is 32.1 Å². The Balaban J connectivity index is 1.83. The third kappa shape index (κ3) is 2.99. The van der Waals surface area contributed by atoms with Gasteiger partial charge < -0.3 is 11.1 Å². The molecule has 0 bridgehead atoms. The number of nitrogens with one attached hydrogen (secondary N) is 1. The van der Waals surface area contributed by atoms with Crippen molar-refractivity contribution in [3.05, 3.63) is 29.0 Å². The van der Waals surface area contributed by atoms with Gasteiger partial charge in [0.15, 0.2) is 0 Å². The fourth-order valence-electron chi connectivity index (χ4n) is 3.75. The molecular formula is C16H20ClFN2OS. The standard InChI is InChI=1S/C16H20ClFN2OS/c17-12-9-11(1-2-13(12)18)22-16(14(19)21)4-3-15(10-16)5-7-20-8-6-15/h1-2,9,20H,3-8,10H2,(H2,19,21). The molecule has 0 radical (unpaired) electrons. The maximum Gasteiger partial charge on any atom is 0.234 e. The third-order valence-electron chi connectivity index (χ3n) is 5.04. The molecule has 2 fully saturated rings. The molecule has 3 N–H and O–H groups in total. The predicted octanol–water partition coefficient (Wildman–Crippen LogP) is 3.35. The van der Waals surface area contributed by atoms with Crippen LogP contribution in [0.15, 0.2) is 23.1 Å². The Labute approximate surface area is 139 Å². The first-order valence-electron chi connectivity index (χ1n) is 7.60. The molecular weight excluding hydrogens is 323 g/mol. The van der Waals surface area contributed by atoms with Gasteiger partial charge in [-0.1, -0.05) is 11.6 Å². The number of benzene rings is 1. The quantitative estimate of drug-likeness (QED) is 0.885. The van der Waals surface area contributed by atoms with Crippen molar-refractivity contribution in [2.24, 2.45) is 11.1 Å². The Bertz CT molecular complexity index is 592. The highest BCUT2D eigenvalue weighted by Crippen LogP contribution is 2.56. The molecule has 1 amide bonds. The predicted molar refractivity (Wildman–Crippen MR) is 87.6 cm³/mol. The van der Waals surface area contributed by atoms with Gasteiger partial charge in [0.1, 0.15) is 5.82 Å². The zero-order chi connectivity index (χ0) is 15.8. The number of primary amides is 1. The second kappa shape index (κ2) is 6.02. The van der Waals surface area contributed by atoms with Crippen LogP contribution in [0.4, 0.5) is 4.39 Å². The molecule has 22 heavy (non-hydrogen) atoms. The van der Waals surface area contributed by atoms with Crippen LogP contribution >= 0.6 is 23.4 Å². The number of carbonyl (C=O) groups is 1. The van der Waals surface area contributed by atoms with E-state index in [1.807, 2.05) is 0 Å². The van der Waals surface area contributed by atoms with Crippen molar-refractivity contribution in [3.8, 4) is 0 Å². The van der Waals surface area contributed by atoms with E-state index >= 15 is 0 Å². The Kier molecular flexibility index (Phi) is 4.40. The molecule has 1 aliphatic carbocycles. The molecule has 1 aromatic rings. The Morgan fingerprint density at radius 1 is 1.27 bits per heavy atom. The summed E-state index contributed by atoms with van der Waals surface area (Å²) in [5, 5.41) is 3.46. The SMILES string of the molecule is NC(=O)C1(Sc2ccc(F)c(Cl)c2)CCC2(CCNCC2)C1. The molecule has 1 unspecified atom stereocenters. The van der Waals surface area contributed by atoms with E-state index in [4.69, 9.17) is 17.3 Å². The average Bonchev–Trinajstić information content (AvgIpc) is 2.83. The smallest absolute Gasteiger partial charge is 0.234 e. The van der Waals surface area contributed by atoms with Gasteiger partial charge in [-0.2, -0.15) is 0 Å². The summed E-state index contributed by atoms with van der Waals surface area (Å²) in [6.07, 6.45) is 4.79. The van der Waals surface area contributed by atoms with E-state index in [9.17, 15) is 9.18 Å². The lowest BCUT2D eigenvalue weighted by molar-refractivity contribution is -0.120. The van der Waals surface area contributed by atoms with Crippen molar-refractivity contribution < 1.29 is 9.18 Å². The van der Waals surface area contributed by atoms with Crippen LogP contribution in [-0.2, 0) is 4.79 Å². The van der Waals surface area contributed by atoms with Gasteiger partial charge in [0.05, 0.1) is 9.77 Å². The van der Waals surface area contributed by atoms with Crippen LogP contribution in [0.3, 0.4) is 0 Å². The van der Waals surface area contributed by atoms with Gasteiger partial charge in [0.2, 0.25) is 5.91 Å². The van der Waals surface area contributed by atoms with Crippen LogP contribution < -0.4 is 11.1 Å². The topological polar surface area (TPSA) is 55.1 Å². The maximum atomic E-state index is 13.3. The number of thioether (sulfide) groups is 1. The van der Waals surface area contributed by atoms with Crippen molar-refractivity contribution >= 4 is 29.3 Å². The summed E-state index contributed by atoms with van der Waals surface area (Å²) in [5.41, 5.74) is 5.98. The monoisotopic (exact) mass is 342 g/mol. The van der Waals surface area contributed by atoms with Crippen LogP contribution in [0.5, 0.6) is 0 Å². The van der Waals surface area contributed by atoms with Gasteiger partial charge in [0, 0.05) is 4.90 Å². The van der Waals surface area contributed by atoms with Gasteiger partial charge in [-0.05, 0) is 68.8 Å². The van der Waals surface area contributed by atoms with E-state index in [-0.39, 0.29) is 16.3 Å². The number of carbonyl (C=O) groups excluding carboxylic acids is 1. The fraction of sp³-hybridized carbons (Fsp3) is 0.562. The van der Waals surface area contributed by atoms with Crippen LogP contribution in [0, 0.1) is 11.2 Å². The third-order valence-corrected chi connectivity index (χ3v) is 6.76.